The second-order valence-electron chi connectivity index (χ2n) is 7.20. The second-order valence-corrected chi connectivity index (χ2v) is 7.20. The summed E-state index contributed by atoms with van der Waals surface area (Å²) < 4.78 is 12.8. The van der Waals surface area contributed by atoms with Gasteiger partial charge in [-0.15, -0.1) is 5.10 Å². The number of aryl methyl sites for hydroxylation is 1. The Hall–Kier alpha value is -4.01. The lowest BCUT2D eigenvalue weighted by molar-refractivity contribution is 0.301. The van der Waals surface area contributed by atoms with Crippen molar-refractivity contribution in [2.75, 3.05) is 6.61 Å². The van der Waals surface area contributed by atoms with E-state index in [1.165, 1.54) is 6.07 Å². The molecule has 0 aliphatic heterocycles. The van der Waals surface area contributed by atoms with Crippen LogP contribution in [-0.2, 0) is 13.1 Å². The van der Waals surface area contributed by atoms with E-state index in [1.54, 1.807) is 16.9 Å². The van der Waals surface area contributed by atoms with Crippen LogP contribution in [0.5, 0.6) is 5.75 Å². The molecule has 0 unspecified atom stereocenters. The van der Waals surface area contributed by atoms with Gasteiger partial charge < -0.3 is 9.15 Å². The first-order valence-corrected chi connectivity index (χ1v) is 10.1. The zero-order valence-electron chi connectivity index (χ0n) is 16.7. The van der Waals surface area contributed by atoms with Crippen molar-refractivity contribution in [2.24, 2.45) is 0 Å². The number of nitrogens with zero attached hydrogens (tertiary/aromatic N) is 6. The van der Waals surface area contributed by atoms with Crippen LogP contribution in [0.25, 0.3) is 22.0 Å². The van der Waals surface area contributed by atoms with Gasteiger partial charge in [-0.1, -0.05) is 17.3 Å². The molecule has 0 fully saturated rings. The number of aromatic nitrogens is 6. The summed E-state index contributed by atoms with van der Waals surface area (Å²) in [6, 6.07) is 16.4. The smallest absolute Gasteiger partial charge is 0.336 e. The normalized spacial score (nSPS) is 11.4. The van der Waals surface area contributed by atoms with Crippen molar-refractivity contribution in [3.63, 3.8) is 0 Å². The maximum Gasteiger partial charge on any atom is 0.336 e. The third kappa shape index (κ3) is 4.45. The molecule has 0 radical (unpaired) electrons. The number of ether oxygens (including phenoxy) is 1. The fourth-order valence-electron chi connectivity index (χ4n) is 3.34. The Morgan fingerprint density at radius 3 is 2.61 bits per heavy atom. The molecule has 31 heavy (non-hydrogen) atoms. The first-order valence-electron chi connectivity index (χ1n) is 10.1. The summed E-state index contributed by atoms with van der Waals surface area (Å²) in [5, 5.41) is 18.1. The summed E-state index contributed by atoms with van der Waals surface area (Å²) >= 11 is 0. The molecule has 0 N–H and O–H groups in total. The molecule has 2 aromatic carbocycles. The molecule has 0 saturated carbocycles. The van der Waals surface area contributed by atoms with Gasteiger partial charge in [0.1, 0.15) is 34.6 Å². The second kappa shape index (κ2) is 8.39. The number of hydrogen-bond donors (Lipinski definition) is 0. The van der Waals surface area contributed by atoms with Crippen LogP contribution in [0.15, 0.2) is 70.0 Å². The van der Waals surface area contributed by atoms with Gasteiger partial charge in [0.25, 0.3) is 0 Å². The molecule has 0 atom stereocenters. The Morgan fingerprint density at radius 2 is 1.77 bits per heavy atom. The van der Waals surface area contributed by atoms with Gasteiger partial charge in [0.15, 0.2) is 0 Å². The van der Waals surface area contributed by atoms with Crippen molar-refractivity contribution in [2.45, 2.75) is 25.9 Å². The Balaban J connectivity index is 1.09. The van der Waals surface area contributed by atoms with E-state index in [9.17, 15) is 4.79 Å². The van der Waals surface area contributed by atoms with E-state index in [0.29, 0.717) is 24.5 Å². The largest absolute Gasteiger partial charge is 0.493 e. The highest BCUT2D eigenvalue weighted by Crippen LogP contribution is 2.19. The molecule has 156 valence electrons. The first kappa shape index (κ1) is 19.0. The van der Waals surface area contributed by atoms with Crippen LogP contribution in [0.2, 0.25) is 0 Å². The van der Waals surface area contributed by atoms with Crippen LogP contribution < -0.4 is 10.4 Å². The minimum absolute atomic E-state index is 0.367. The van der Waals surface area contributed by atoms with Crippen LogP contribution in [0.4, 0.5) is 0 Å². The van der Waals surface area contributed by atoms with Crippen LogP contribution in [0.1, 0.15) is 18.5 Å². The Kier molecular flexibility index (Phi) is 5.14. The van der Waals surface area contributed by atoms with E-state index in [2.05, 4.69) is 20.5 Å². The van der Waals surface area contributed by atoms with Crippen molar-refractivity contribution >= 4 is 22.0 Å². The number of hydrogen-bond acceptors (Lipinski definition) is 7. The van der Waals surface area contributed by atoms with Gasteiger partial charge in [0, 0.05) is 24.1 Å². The molecule has 5 aromatic rings. The summed E-state index contributed by atoms with van der Waals surface area (Å²) in [6.07, 6.45) is 3.67. The predicted molar refractivity (Wildman–Crippen MR) is 114 cm³/mol. The summed E-state index contributed by atoms with van der Waals surface area (Å²) in [4.78, 5) is 13.0. The maximum absolute atomic E-state index is 11.3. The van der Waals surface area contributed by atoms with Gasteiger partial charge in [-0.05, 0) is 43.2 Å². The topological polar surface area (TPSA) is 101 Å². The number of unbranched alkanes of at least 4 members (excludes halogenated alkanes) is 1. The minimum atomic E-state index is -0.367. The fourth-order valence-corrected chi connectivity index (χ4v) is 3.34. The molecule has 0 amide bonds. The summed E-state index contributed by atoms with van der Waals surface area (Å²) in [7, 11) is 0. The summed E-state index contributed by atoms with van der Waals surface area (Å²) in [5.74, 6) is 0.684. The average Bonchev–Trinajstić information content (AvgIpc) is 3.39. The van der Waals surface area contributed by atoms with Crippen molar-refractivity contribution in [3.05, 3.63) is 76.9 Å². The molecular formula is C22H20N6O3. The van der Waals surface area contributed by atoms with Gasteiger partial charge >= 0.3 is 5.63 Å². The molecule has 9 nitrogen and oxygen atoms in total. The molecule has 0 bridgehead atoms. The lowest BCUT2D eigenvalue weighted by Gasteiger charge is -2.06. The molecule has 9 heteroatoms. The van der Waals surface area contributed by atoms with E-state index < -0.39 is 0 Å². The van der Waals surface area contributed by atoms with Crippen molar-refractivity contribution in [1.29, 1.82) is 0 Å². The van der Waals surface area contributed by atoms with Gasteiger partial charge in [-0.25, -0.2) is 4.79 Å². The van der Waals surface area contributed by atoms with Crippen LogP contribution in [0.3, 0.4) is 0 Å². The highest BCUT2D eigenvalue weighted by Gasteiger charge is 2.06. The third-order valence-corrected chi connectivity index (χ3v) is 4.86. The van der Waals surface area contributed by atoms with Crippen molar-refractivity contribution in [1.82, 2.24) is 30.0 Å². The molecule has 3 aromatic heterocycles. The van der Waals surface area contributed by atoms with Gasteiger partial charge in [-0.2, -0.15) is 15.0 Å². The van der Waals surface area contributed by atoms with E-state index >= 15 is 0 Å². The molecule has 0 spiro atoms. The molecule has 3 heterocycles. The van der Waals surface area contributed by atoms with Crippen LogP contribution in [0, 0.1) is 0 Å². The average molecular weight is 416 g/mol. The monoisotopic (exact) mass is 416 g/mol. The van der Waals surface area contributed by atoms with E-state index in [-0.39, 0.29) is 5.63 Å². The lowest BCUT2D eigenvalue weighted by Crippen LogP contribution is -2.04. The Labute approximate surface area is 176 Å². The maximum atomic E-state index is 11.3. The molecular weight excluding hydrogens is 396 g/mol. The van der Waals surface area contributed by atoms with E-state index in [0.717, 1.165) is 41.5 Å². The van der Waals surface area contributed by atoms with Gasteiger partial charge in [0.2, 0.25) is 0 Å². The first-order chi connectivity index (χ1) is 15.2. The molecule has 0 aliphatic rings. The van der Waals surface area contributed by atoms with Crippen molar-refractivity contribution in [3.8, 4) is 5.75 Å². The zero-order chi connectivity index (χ0) is 21.0. The fraction of sp³-hybridized carbons (Fsp3) is 0.227. The van der Waals surface area contributed by atoms with E-state index in [4.69, 9.17) is 9.15 Å². The van der Waals surface area contributed by atoms with Gasteiger partial charge in [0.05, 0.1) is 12.8 Å². The van der Waals surface area contributed by atoms with Gasteiger partial charge in [-0.3, -0.25) is 4.68 Å². The standard InChI is InChI=1S/C22H20N6O3/c29-22-10-8-16-7-9-18(13-21(16)31-22)30-12-4-3-11-27-14-17(23-26-27)15-28-24-19-5-1-2-6-20(19)25-28/h1-2,5-10,13-14H,3-4,11-12,15H2. The summed E-state index contributed by atoms with van der Waals surface area (Å²) in [6.45, 7) is 1.79. The van der Waals surface area contributed by atoms with Crippen LogP contribution >= 0.6 is 0 Å². The highest BCUT2D eigenvalue weighted by atomic mass is 16.5. The Morgan fingerprint density at radius 1 is 0.968 bits per heavy atom. The zero-order valence-corrected chi connectivity index (χ0v) is 16.7. The number of rotatable bonds is 8. The number of fused-ring (bicyclic) bond motifs is 2. The summed E-state index contributed by atoms with van der Waals surface area (Å²) in [5.41, 5.74) is 2.70. The van der Waals surface area contributed by atoms with Crippen molar-refractivity contribution < 1.29 is 9.15 Å². The predicted octanol–water partition coefficient (Wildman–Crippen LogP) is 3.04. The lowest BCUT2D eigenvalue weighted by atomic mass is 10.2. The quantitative estimate of drug-likeness (QED) is 0.283. The highest BCUT2D eigenvalue weighted by molar-refractivity contribution is 5.77. The minimum Gasteiger partial charge on any atom is -0.493 e. The number of benzene rings is 2. The van der Waals surface area contributed by atoms with E-state index in [1.807, 2.05) is 47.3 Å². The molecule has 0 aliphatic carbocycles. The molecule has 0 saturated heterocycles. The molecule has 5 rings (SSSR count). The SMILES string of the molecule is O=c1ccc2ccc(OCCCCn3cc(Cn4nc5ccccc5n4)nn3)cc2o1. The Bertz CT molecular complexity index is 1350. The van der Waals surface area contributed by atoms with Crippen LogP contribution in [-0.4, -0.2) is 36.6 Å². The third-order valence-electron chi connectivity index (χ3n) is 4.86.